The van der Waals surface area contributed by atoms with Crippen molar-refractivity contribution in [3.05, 3.63) is 0 Å². The van der Waals surface area contributed by atoms with Gasteiger partial charge in [-0.3, -0.25) is 4.90 Å². The van der Waals surface area contributed by atoms with Crippen LogP contribution in [0.2, 0.25) is 0 Å². The van der Waals surface area contributed by atoms with E-state index < -0.39 is 0 Å². The van der Waals surface area contributed by atoms with Crippen LogP contribution >= 0.6 is 0 Å². The summed E-state index contributed by atoms with van der Waals surface area (Å²) in [6.45, 7) is 7.32. The van der Waals surface area contributed by atoms with Crippen LogP contribution in [0.25, 0.3) is 0 Å². The molecule has 0 aromatic carbocycles. The Morgan fingerprint density at radius 3 is 3.06 bits per heavy atom. The summed E-state index contributed by atoms with van der Waals surface area (Å²) in [7, 11) is 1.82. The highest BCUT2D eigenvalue weighted by atomic mass is 16.5. The Balaban J connectivity index is 1.84. The number of methoxy groups -OCH3 is 1. The largest absolute Gasteiger partial charge is 0.380 e. The fourth-order valence-corrected chi connectivity index (χ4v) is 2.66. The Hall–Kier alpha value is -0.160. The maximum atomic E-state index is 5.82. The van der Waals surface area contributed by atoms with Gasteiger partial charge in [-0.05, 0) is 26.3 Å². The maximum absolute atomic E-state index is 5.82. The van der Waals surface area contributed by atoms with Gasteiger partial charge < -0.3 is 14.8 Å². The van der Waals surface area contributed by atoms with E-state index in [0.717, 1.165) is 26.2 Å². The molecule has 4 nitrogen and oxygen atoms in total. The van der Waals surface area contributed by atoms with Crippen molar-refractivity contribution in [2.75, 3.05) is 39.9 Å². The van der Waals surface area contributed by atoms with Crippen molar-refractivity contribution in [2.45, 2.75) is 38.0 Å². The molecule has 0 spiro atoms. The van der Waals surface area contributed by atoms with Crippen LogP contribution in [-0.4, -0.2) is 63.0 Å². The van der Waals surface area contributed by atoms with E-state index in [1.54, 1.807) is 0 Å². The maximum Gasteiger partial charge on any atom is 0.0852 e. The highest BCUT2D eigenvalue weighted by Crippen LogP contribution is 2.18. The molecule has 16 heavy (non-hydrogen) atoms. The summed E-state index contributed by atoms with van der Waals surface area (Å²) in [4.78, 5) is 2.51. The Kier molecular flexibility index (Phi) is 4.58. The normalized spacial score (nSPS) is 34.9. The van der Waals surface area contributed by atoms with Gasteiger partial charge in [-0.1, -0.05) is 0 Å². The van der Waals surface area contributed by atoms with Crippen LogP contribution < -0.4 is 5.32 Å². The van der Waals surface area contributed by atoms with Crippen LogP contribution in [0.4, 0.5) is 0 Å². The molecule has 0 bridgehead atoms. The smallest absolute Gasteiger partial charge is 0.0852 e. The highest BCUT2D eigenvalue weighted by Gasteiger charge is 2.29. The van der Waals surface area contributed by atoms with E-state index in [9.17, 15) is 0 Å². The first-order chi connectivity index (χ1) is 7.81. The average molecular weight is 228 g/mol. The third kappa shape index (κ3) is 2.94. The number of nitrogens with zero attached hydrogens (tertiary/aromatic N) is 1. The molecular formula is C12H24N2O2. The second kappa shape index (κ2) is 5.96. The number of likely N-dealkylation sites (tertiary alicyclic amines) is 1. The standard InChI is InChI=1S/C12H24N2O2/c1-10(12-8-13-5-7-16-12)14-6-3-4-11(9-14)15-2/h10-13H,3-9H2,1-2H3. The fraction of sp³-hybridized carbons (Fsp3) is 1.00. The number of piperidine rings is 1. The van der Waals surface area contributed by atoms with Crippen molar-refractivity contribution in [3.63, 3.8) is 0 Å². The molecule has 0 radical (unpaired) electrons. The first-order valence-electron chi connectivity index (χ1n) is 6.40. The second-order valence-corrected chi connectivity index (χ2v) is 4.85. The van der Waals surface area contributed by atoms with Gasteiger partial charge in [0.25, 0.3) is 0 Å². The van der Waals surface area contributed by atoms with E-state index in [1.807, 2.05) is 7.11 Å². The quantitative estimate of drug-likeness (QED) is 0.761. The van der Waals surface area contributed by atoms with Gasteiger partial charge in [-0.15, -0.1) is 0 Å². The molecule has 2 rings (SSSR count). The van der Waals surface area contributed by atoms with E-state index >= 15 is 0 Å². The van der Waals surface area contributed by atoms with Gasteiger partial charge in [0.15, 0.2) is 0 Å². The number of rotatable bonds is 3. The van der Waals surface area contributed by atoms with Crippen LogP contribution in [0.5, 0.6) is 0 Å². The van der Waals surface area contributed by atoms with E-state index in [1.165, 1.54) is 19.4 Å². The molecular weight excluding hydrogens is 204 g/mol. The van der Waals surface area contributed by atoms with Gasteiger partial charge in [0.2, 0.25) is 0 Å². The topological polar surface area (TPSA) is 33.7 Å². The van der Waals surface area contributed by atoms with Gasteiger partial charge in [0, 0.05) is 32.8 Å². The number of hydrogen-bond acceptors (Lipinski definition) is 4. The summed E-state index contributed by atoms with van der Waals surface area (Å²) in [5, 5.41) is 3.40. The van der Waals surface area contributed by atoms with Crippen molar-refractivity contribution < 1.29 is 9.47 Å². The highest BCUT2D eigenvalue weighted by molar-refractivity contribution is 4.84. The molecule has 2 aliphatic rings. The summed E-state index contributed by atoms with van der Waals surface area (Å²) in [6, 6.07) is 0.491. The number of nitrogens with one attached hydrogen (secondary N) is 1. The van der Waals surface area contributed by atoms with Crippen LogP contribution in [0.15, 0.2) is 0 Å². The second-order valence-electron chi connectivity index (χ2n) is 4.85. The Morgan fingerprint density at radius 2 is 2.38 bits per heavy atom. The molecule has 2 aliphatic heterocycles. The minimum absolute atomic E-state index is 0.337. The van der Waals surface area contributed by atoms with Crippen molar-refractivity contribution in [1.29, 1.82) is 0 Å². The lowest BCUT2D eigenvalue weighted by Gasteiger charge is -2.40. The summed E-state index contributed by atoms with van der Waals surface area (Å²) in [5.74, 6) is 0. The average Bonchev–Trinajstić information content (AvgIpc) is 2.39. The van der Waals surface area contributed by atoms with Crippen molar-refractivity contribution in [1.82, 2.24) is 10.2 Å². The van der Waals surface area contributed by atoms with Gasteiger partial charge in [0.1, 0.15) is 0 Å². The Labute approximate surface area is 98.3 Å². The predicted molar refractivity (Wildman–Crippen MR) is 63.7 cm³/mol. The Bertz CT molecular complexity index is 207. The van der Waals surface area contributed by atoms with Crippen molar-refractivity contribution in [2.24, 2.45) is 0 Å². The monoisotopic (exact) mass is 228 g/mol. The molecule has 0 saturated carbocycles. The van der Waals surface area contributed by atoms with Crippen LogP contribution in [0.1, 0.15) is 19.8 Å². The van der Waals surface area contributed by atoms with Gasteiger partial charge in [-0.25, -0.2) is 0 Å². The van der Waals surface area contributed by atoms with Gasteiger partial charge in [-0.2, -0.15) is 0 Å². The van der Waals surface area contributed by atoms with E-state index in [2.05, 4.69) is 17.1 Å². The number of morpholine rings is 1. The molecule has 2 heterocycles. The third-order valence-electron chi connectivity index (χ3n) is 3.81. The minimum Gasteiger partial charge on any atom is -0.380 e. The molecule has 3 unspecified atom stereocenters. The number of ether oxygens (including phenoxy) is 2. The summed E-state index contributed by atoms with van der Waals surface area (Å²) in [5.41, 5.74) is 0. The molecule has 0 aromatic rings. The van der Waals surface area contributed by atoms with Crippen molar-refractivity contribution in [3.8, 4) is 0 Å². The molecule has 2 saturated heterocycles. The van der Waals surface area contributed by atoms with Crippen LogP contribution in [0, 0.1) is 0 Å². The zero-order valence-electron chi connectivity index (χ0n) is 10.4. The van der Waals surface area contributed by atoms with E-state index in [-0.39, 0.29) is 0 Å². The van der Waals surface area contributed by atoms with Crippen LogP contribution in [0.3, 0.4) is 0 Å². The molecule has 0 aromatic heterocycles. The SMILES string of the molecule is COC1CCCN(C(C)C2CNCCO2)C1. The van der Waals surface area contributed by atoms with Gasteiger partial charge >= 0.3 is 0 Å². The summed E-state index contributed by atoms with van der Waals surface area (Å²) >= 11 is 0. The van der Waals surface area contributed by atoms with E-state index in [4.69, 9.17) is 9.47 Å². The fourth-order valence-electron chi connectivity index (χ4n) is 2.66. The first kappa shape index (κ1) is 12.3. The molecule has 4 heteroatoms. The zero-order valence-corrected chi connectivity index (χ0v) is 10.4. The summed E-state index contributed by atoms with van der Waals surface area (Å²) in [6.07, 6.45) is 3.18. The molecule has 0 aliphatic carbocycles. The van der Waals surface area contributed by atoms with Crippen molar-refractivity contribution >= 4 is 0 Å². The first-order valence-corrected chi connectivity index (χ1v) is 6.40. The number of hydrogen-bond donors (Lipinski definition) is 1. The summed E-state index contributed by atoms with van der Waals surface area (Å²) < 4.78 is 11.3. The predicted octanol–water partition coefficient (Wildman–Crippen LogP) is 0.474. The lowest BCUT2D eigenvalue weighted by molar-refractivity contribution is -0.0519. The van der Waals surface area contributed by atoms with Gasteiger partial charge in [0.05, 0.1) is 18.8 Å². The lowest BCUT2D eigenvalue weighted by atomic mass is 10.0. The molecule has 0 amide bonds. The van der Waals surface area contributed by atoms with E-state index in [0.29, 0.717) is 18.2 Å². The van der Waals surface area contributed by atoms with Crippen LogP contribution in [-0.2, 0) is 9.47 Å². The molecule has 1 N–H and O–H groups in total. The Morgan fingerprint density at radius 1 is 1.50 bits per heavy atom. The molecule has 2 fully saturated rings. The minimum atomic E-state index is 0.337. The lowest BCUT2D eigenvalue weighted by Crippen LogP contribution is -2.54. The zero-order chi connectivity index (χ0) is 11.4. The molecule has 3 atom stereocenters. The molecule has 94 valence electrons. The third-order valence-corrected chi connectivity index (χ3v) is 3.81.